The van der Waals surface area contributed by atoms with Gasteiger partial charge in [-0.05, 0) is 31.2 Å². The van der Waals surface area contributed by atoms with Crippen LogP contribution in [0.1, 0.15) is 18.6 Å². The van der Waals surface area contributed by atoms with Gasteiger partial charge in [0.2, 0.25) is 5.88 Å². The van der Waals surface area contributed by atoms with E-state index >= 15 is 0 Å². The van der Waals surface area contributed by atoms with Gasteiger partial charge in [-0.25, -0.2) is 13.8 Å². The van der Waals surface area contributed by atoms with Gasteiger partial charge in [-0.1, -0.05) is 0 Å². The van der Waals surface area contributed by atoms with Crippen LogP contribution in [0.25, 0.3) is 0 Å². The van der Waals surface area contributed by atoms with Crippen molar-refractivity contribution >= 4 is 0 Å². The van der Waals surface area contributed by atoms with Gasteiger partial charge < -0.3 is 9.84 Å². The minimum atomic E-state index is -0.998. The number of rotatable bonds is 3. The minimum absolute atomic E-state index is 0.120. The second-order valence-corrected chi connectivity index (χ2v) is 3.75. The molecular formula is C13H11F2NO2. The Morgan fingerprint density at radius 3 is 2.67 bits per heavy atom. The number of hydrogen-bond acceptors (Lipinski definition) is 3. The van der Waals surface area contributed by atoms with Gasteiger partial charge in [0.25, 0.3) is 0 Å². The van der Waals surface area contributed by atoms with Gasteiger partial charge in [0.1, 0.15) is 5.75 Å². The van der Waals surface area contributed by atoms with Crippen LogP contribution in [0.2, 0.25) is 0 Å². The van der Waals surface area contributed by atoms with Crippen molar-refractivity contribution in [3.05, 3.63) is 53.7 Å². The smallest absolute Gasteiger partial charge is 0.225 e. The number of ether oxygens (including phenoxy) is 1. The number of aliphatic hydroxyl groups is 1. The first-order valence-corrected chi connectivity index (χ1v) is 5.34. The Morgan fingerprint density at radius 2 is 2.00 bits per heavy atom. The van der Waals surface area contributed by atoms with Crippen molar-refractivity contribution in [1.82, 2.24) is 4.98 Å². The Kier molecular flexibility index (Phi) is 3.53. The summed E-state index contributed by atoms with van der Waals surface area (Å²) >= 11 is 0. The average molecular weight is 251 g/mol. The van der Waals surface area contributed by atoms with Crippen molar-refractivity contribution in [2.24, 2.45) is 0 Å². The molecule has 0 saturated heterocycles. The van der Waals surface area contributed by atoms with Crippen LogP contribution in [-0.4, -0.2) is 10.1 Å². The summed E-state index contributed by atoms with van der Waals surface area (Å²) in [4.78, 5) is 3.95. The molecule has 94 valence electrons. The van der Waals surface area contributed by atoms with E-state index in [2.05, 4.69) is 4.98 Å². The van der Waals surface area contributed by atoms with E-state index in [4.69, 9.17) is 4.74 Å². The maximum Gasteiger partial charge on any atom is 0.225 e. The molecule has 0 saturated carbocycles. The van der Waals surface area contributed by atoms with Crippen molar-refractivity contribution in [3.8, 4) is 11.6 Å². The predicted octanol–water partition coefficient (Wildman–Crippen LogP) is 3.21. The molecule has 0 aliphatic carbocycles. The van der Waals surface area contributed by atoms with E-state index in [1.165, 1.54) is 12.3 Å². The largest absolute Gasteiger partial charge is 0.439 e. The maximum absolute atomic E-state index is 13.0. The Hall–Kier alpha value is -2.01. The monoisotopic (exact) mass is 251 g/mol. The Balaban J connectivity index is 2.31. The van der Waals surface area contributed by atoms with Crippen molar-refractivity contribution < 1.29 is 18.6 Å². The summed E-state index contributed by atoms with van der Waals surface area (Å²) in [5.41, 5.74) is 0.474. The molecule has 1 N–H and O–H groups in total. The lowest BCUT2D eigenvalue weighted by Crippen LogP contribution is -1.98. The molecule has 0 aliphatic heterocycles. The highest BCUT2D eigenvalue weighted by molar-refractivity contribution is 5.33. The number of nitrogens with zero attached hydrogens (tertiary/aromatic N) is 1. The Morgan fingerprint density at radius 1 is 1.22 bits per heavy atom. The number of halogens is 2. The van der Waals surface area contributed by atoms with Crippen LogP contribution < -0.4 is 4.74 Å². The normalized spacial score (nSPS) is 12.2. The van der Waals surface area contributed by atoms with E-state index < -0.39 is 17.7 Å². The Bertz CT molecular complexity index is 558. The Labute approximate surface area is 103 Å². The molecule has 0 radical (unpaired) electrons. The molecule has 1 aromatic carbocycles. The highest BCUT2D eigenvalue weighted by atomic mass is 19.2. The van der Waals surface area contributed by atoms with Crippen LogP contribution in [-0.2, 0) is 0 Å². The minimum Gasteiger partial charge on any atom is -0.439 e. The third-order valence-corrected chi connectivity index (χ3v) is 2.36. The van der Waals surface area contributed by atoms with Gasteiger partial charge in [-0.3, -0.25) is 0 Å². The summed E-state index contributed by atoms with van der Waals surface area (Å²) in [6.45, 7) is 1.56. The van der Waals surface area contributed by atoms with Crippen molar-refractivity contribution in [1.29, 1.82) is 0 Å². The molecule has 0 bridgehead atoms. The summed E-state index contributed by atoms with van der Waals surface area (Å²) in [6.07, 6.45) is 0.722. The van der Waals surface area contributed by atoms with Crippen LogP contribution in [0.4, 0.5) is 8.78 Å². The fourth-order valence-electron chi connectivity index (χ4n) is 1.46. The molecule has 18 heavy (non-hydrogen) atoms. The van der Waals surface area contributed by atoms with E-state index in [0.717, 1.165) is 12.1 Å². The third kappa shape index (κ3) is 2.62. The van der Waals surface area contributed by atoms with Crippen LogP contribution in [0.15, 0.2) is 36.5 Å². The molecule has 2 aromatic rings. The molecule has 1 aromatic heterocycles. The first-order chi connectivity index (χ1) is 8.58. The van der Waals surface area contributed by atoms with Crippen LogP contribution in [0.3, 0.4) is 0 Å². The van der Waals surface area contributed by atoms with Crippen LogP contribution >= 0.6 is 0 Å². The highest BCUT2D eigenvalue weighted by Gasteiger charge is 2.11. The molecule has 0 amide bonds. The molecule has 1 heterocycles. The SMILES string of the molecule is C[C@H](O)c1cccnc1Oc1ccc(F)c(F)c1. The zero-order valence-corrected chi connectivity index (χ0v) is 9.60. The lowest BCUT2D eigenvalue weighted by atomic mass is 10.2. The summed E-state index contributed by atoms with van der Waals surface area (Å²) < 4.78 is 31.1. The number of hydrogen-bond donors (Lipinski definition) is 1. The van der Waals surface area contributed by atoms with E-state index in [1.807, 2.05) is 0 Å². The molecule has 0 aliphatic rings. The molecular weight excluding hydrogens is 240 g/mol. The second-order valence-electron chi connectivity index (χ2n) is 3.75. The molecule has 0 unspecified atom stereocenters. The molecule has 1 atom stereocenters. The van der Waals surface area contributed by atoms with Crippen molar-refractivity contribution in [2.45, 2.75) is 13.0 Å². The summed E-state index contributed by atoms with van der Waals surface area (Å²) in [5.74, 6) is -1.66. The fraction of sp³-hybridized carbons (Fsp3) is 0.154. The van der Waals surface area contributed by atoms with Gasteiger partial charge in [-0.15, -0.1) is 0 Å². The average Bonchev–Trinajstić information content (AvgIpc) is 2.34. The van der Waals surface area contributed by atoms with E-state index in [0.29, 0.717) is 5.56 Å². The van der Waals surface area contributed by atoms with Crippen molar-refractivity contribution in [3.63, 3.8) is 0 Å². The zero-order chi connectivity index (χ0) is 13.1. The summed E-state index contributed by atoms with van der Waals surface area (Å²) in [5, 5.41) is 9.53. The number of pyridine rings is 1. The van der Waals surface area contributed by atoms with E-state index in [1.54, 1.807) is 19.1 Å². The van der Waals surface area contributed by atoms with Gasteiger partial charge >= 0.3 is 0 Å². The van der Waals surface area contributed by atoms with Gasteiger partial charge in [0.15, 0.2) is 11.6 Å². The number of aliphatic hydroxyl groups excluding tert-OH is 1. The number of benzene rings is 1. The molecule has 0 fully saturated rings. The lowest BCUT2D eigenvalue weighted by molar-refractivity contribution is 0.194. The van der Waals surface area contributed by atoms with Crippen LogP contribution in [0.5, 0.6) is 11.6 Å². The third-order valence-electron chi connectivity index (χ3n) is 2.36. The lowest BCUT2D eigenvalue weighted by Gasteiger charge is -2.11. The van der Waals surface area contributed by atoms with Gasteiger partial charge in [0.05, 0.1) is 6.10 Å². The molecule has 0 spiro atoms. The van der Waals surface area contributed by atoms with E-state index in [9.17, 15) is 13.9 Å². The standard InChI is InChI=1S/C13H11F2NO2/c1-8(17)10-3-2-6-16-13(10)18-9-4-5-11(14)12(15)7-9/h2-8,17H,1H3/t8-/m0/s1. The molecule has 2 rings (SSSR count). The molecule has 5 heteroatoms. The summed E-state index contributed by atoms with van der Waals surface area (Å²) in [7, 11) is 0. The highest BCUT2D eigenvalue weighted by Crippen LogP contribution is 2.27. The fourth-order valence-corrected chi connectivity index (χ4v) is 1.46. The number of aromatic nitrogens is 1. The molecule has 3 nitrogen and oxygen atoms in total. The first kappa shape index (κ1) is 12.4. The topological polar surface area (TPSA) is 42.4 Å². The predicted molar refractivity (Wildman–Crippen MR) is 61.3 cm³/mol. The van der Waals surface area contributed by atoms with Gasteiger partial charge in [0, 0.05) is 17.8 Å². The second kappa shape index (κ2) is 5.10. The quantitative estimate of drug-likeness (QED) is 0.910. The summed E-state index contributed by atoms with van der Waals surface area (Å²) in [6, 6.07) is 6.48. The zero-order valence-electron chi connectivity index (χ0n) is 9.60. The van der Waals surface area contributed by atoms with Gasteiger partial charge in [-0.2, -0.15) is 0 Å². The van der Waals surface area contributed by atoms with Crippen molar-refractivity contribution in [2.75, 3.05) is 0 Å². The first-order valence-electron chi connectivity index (χ1n) is 5.34. The van der Waals surface area contributed by atoms with E-state index in [-0.39, 0.29) is 11.6 Å². The van der Waals surface area contributed by atoms with Crippen LogP contribution in [0, 0.1) is 11.6 Å². The maximum atomic E-state index is 13.0.